The van der Waals surface area contributed by atoms with Gasteiger partial charge < -0.3 is 10.1 Å². The van der Waals surface area contributed by atoms with Gasteiger partial charge in [0.15, 0.2) is 6.29 Å². The van der Waals surface area contributed by atoms with Crippen molar-refractivity contribution >= 4 is 33.0 Å². The number of ether oxygens (including phenoxy) is 1. The van der Waals surface area contributed by atoms with Crippen LogP contribution in [0.5, 0.6) is 11.5 Å². The Morgan fingerprint density at radius 2 is 1.70 bits per heavy atom. The molecule has 0 unspecified atom stereocenters. The number of aromatic amines is 1. The fraction of sp³-hybridized carbons (Fsp3) is 0.125. The Morgan fingerprint density at radius 1 is 1.02 bits per heavy atom. The zero-order valence-electron chi connectivity index (χ0n) is 25.3. The van der Waals surface area contributed by atoms with Gasteiger partial charge in [0.25, 0.3) is 15.7 Å². The molecule has 0 amide bonds. The summed E-state index contributed by atoms with van der Waals surface area (Å²) in [5.41, 5.74) is 4.94. The van der Waals surface area contributed by atoms with Gasteiger partial charge in [-0.15, -0.1) is 0 Å². The predicted octanol–water partition coefficient (Wildman–Crippen LogP) is 5.40. The summed E-state index contributed by atoms with van der Waals surface area (Å²) >= 11 is 0. The van der Waals surface area contributed by atoms with E-state index in [4.69, 9.17) is 9.29 Å². The molecule has 3 N–H and O–H groups in total. The number of halogens is 1. The lowest BCUT2D eigenvalue weighted by atomic mass is 10.1. The van der Waals surface area contributed by atoms with Crippen LogP contribution in [-0.4, -0.2) is 57.1 Å². The molecule has 238 valence electrons. The number of anilines is 1. The van der Waals surface area contributed by atoms with Crippen LogP contribution in [0.1, 0.15) is 16.1 Å². The molecule has 3 aromatic carbocycles. The monoisotopic (exact) mass is 646 g/mol. The van der Waals surface area contributed by atoms with E-state index in [1.807, 2.05) is 61.5 Å². The van der Waals surface area contributed by atoms with Crippen molar-refractivity contribution < 1.29 is 26.9 Å². The zero-order chi connectivity index (χ0) is 33.4. The number of aromatic nitrogens is 5. The summed E-state index contributed by atoms with van der Waals surface area (Å²) in [5, 5.41) is 15.4. The molecule has 0 saturated heterocycles. The Bertz CT molecular complexity index is 2100. The van der Waals surface area contributed by atoms with Crippen molar-refractivity contribution in [3.05, 3.63) is 119 Å². The van der Waals surface area contributed by atoms with Gasteiger partial charge in [-0.05, 0) is 79.7 Å². The first kappa shape index (κ1) is 33.3. The van der Waals surface area contributed by atoms with E-state index < -0.39 is 15.7 Å². The number of aryl methyl sites for hydroxylation is 2. The number of nitrogens with one attached hydrogen (secondary N) is 2. The first-order chi connectivity index (χ1) is 21.9. The molecule has 0 bridgehead atoms. The average molecular weight is 647 g/mol. The molecule has 0 radical (unpaired) electrons. The summed E-state index contributed by atoms with van der Waals surface area (Å²) < 4.78 is 48.0. The first-order valence-corrected chi connectivity index (χ1v) is 15.5. The topological polar surface area (TPSA) is 161 Å². The van der Waals surface area contributed by atoms with Crippen LogP contribution in [0.15, 0.2) is 96.2 Å². The van der Waals surface area contributed by atoms with Crippen LogP contribution >= 0.6 is 0 Å². The highest BCUT2D eigenvalue weighted by Gasteiger charge is 2.13. The highest BCUT2D eigenvalue weighted by molar-refractivity contribution is 7.85. The number of aldehydes is 1. The van der Waals surface area contributed by atoms with E-state index in [1.165, 1.54) is 34.9 Å². The molecule has 3 aromatic heterocycles. The smallest absolute Gasteiger partial charge is 0.265 e. The molecule has 3 heterocycles. The van der Waals surface area contributed by atoms with Crippen LogP contribution in [-0.2, 0) is 17.2 Å². The number of hydrogen-bond donors (Lipinski definition) is 3. The Balaban J connectivity index is 0.000000191. The molecule has 46 heavy (non-hydrogen) atoms. The third kappa shape index (κ3) is 8.52. The summed E-state index contributed by atoms with van der Waals surface area (Å²) in [7, 11) is 0.154. The van der Waals surface area contributed by atoms with Crippen molar-refractivity contribution in [3.8, 4) is 28.3 Å². The van der Waals surface area contributed by atoms with Gasteiger partial charge in [0, 0.05) is 53.9 Å². The second-order valence-electron chi connectivity index (χ2n) is 9.94. The van der Waals surface area contributed by atoms with E-state index >= 15 is 0 Å². The lowest BCUT2D eigenvalue weighted by Gasteiger charge is -2.12. The number of hydrogen-bond acceptors (Lipinski definition) is 8. The Morgan fingerprint density at radius 3 is 2.28 bits per heavy atom. The van der Waals surface area contributed by atoms with Crippen LogP contribution < -0.4 is 15.6 Å². The lowest BCUT2D eigenvalue weighted by molar-refractivity contribution is 0.112. The van der Waals surface area contributed by atoms with Gasteiger partial charge in [-0.1, -0.05) is 0 Å². The second-order valence-corrected chi connectivity index (χ2v) is 11.4. The average Bonchev–Trinajstić information content (AvgIpc) is 3.68. The summed E-state index contributed by atoms with van der Waals surface area (Å²) in [6, 6.07) is 20.6. The Kier molecular flexibility index (Phi) is 10.5. The minimum absolute atomic E-state index is 0.0833. The van der Waals surface area contributed by atoms with Gasteiger partial charge in [-0.2, -0.15) is 18.6 Å². The minimum Gasteiger partial charge on any atom is -0.457 e. The number of H-pyrrole nitrogens is 1. The van der Waals surface area contributed by atoms with Crippen molar-refractivity contribution in [2.75, 3.05) is 18.6 Å². The van der Waals surface area contributed by atoms with Gasteiger partial charge in [0.1, 0.15) is 17.3 Å². The summed E-state index contributed by atoms with van der Waals surface area (Å²) in [6.45, 7) is 1.75. The van der Waals surface area contributed by atoms with E-state index in [2.05, 4.69) is 26.7 Å². The fourth-order valence-corrected chi connectivity index (χ4v) is 4.35. The van der Waals surface area contributed by atoms with Gasteiger partial charge in [-0.3, -0.25) is 28.5 Å². The highest BCUT2D eigenvalue weighted by Crippen LogP contribution is 2.36. The fourth-order valence-electron chi connectivity index (χ4n) is 4.35. The van der Waals surface area contributed by atoms with Gasteiger partial charge in [0.05, 0.1) is 29.7 Å². The Labute approximate surface area is 263 Å². The molecular formula is C32H31FN6O6S. The third-order valence-corrected chi connectivity index (χ3v) is 6.55. The van der Waals surface area contributed by atoms with Crippen LogP contribution in [0.3, 0.4) is 0 Å². The number of rotatable bonds is 6. The van der Waals surface area contributed by atoms with Crippen molar-refractivity contribution in [2.45, 2.75) is 6.92 Å². The quantitative estimate of drug-likeness (QED) is 0.159. The van der Waals surface area contributed by atoms with Crippen LogP contribution in [0, 0.1) is 12.7 Å². The van der Waals surface area contributed by atoms with Gasteiger partial charge in [0.2, 0.25) is 0 Å². The van der Waals surface area contributed by atoms with Crippen LogP contribution in [0.2, 0.25) is 0 Å². The van der Waals surface area contributed by atoms with Crippen molar-refractivity contribution in [1.82, 2.24) is 24.5 Å². The van der Waals surface area contributed by atoms with Crippen LogP contribution in [0.4, 0.5) is 10.1 Å². The molecular weight excluding hydrogens is 615 g/mol. The summed E-state index contributed by atoms with van der Waals surface area (Å²) in [5.74, 6) is 1.18. The largest absolute Gasteiger partial charge is 0.457 e. The van der Waals surface area contributed by atoms with Gasteiger partial charge in [-0.25, -0.2) is 4.39 Å². The van der Waals surface area contributed by atoms with Crippen molar-refractivity contribution in [1.29, 1.82) is 0 Å². The molecule has 0 aliphatic carbocycles. The van der Waals surface area contributed by atoms with E-state index in [1.54, 1.807) is 19.2 Å². The highest BCUT2D eigenvalue weighted by atomic mass is 32.2. The van der Waals surface area contributed by atoms with E-state index in [0.29, 0.717) is 23.9 Å². The zero-order valence-corrected chi connectivity index (χ0v) is 26.1. The normalized spacial score (nSPS) is 10.7. The number of pyridine rings is 1. The standard InChI is InChI=1S/C18H17N5O.C13H10FNO2.CH4O3S/c1-19-14-3-5-15(6-4-14)24-18-7-12-11-22-23(2)17(12)8-16(18)13-9-20-21-10-13;1-9-2-3-10(8-16)13(17)15(9)12-6-4-11(14)5-7-12;1-5(2,3)4/h3-11,19H,1-2H3,(H,20,21);2-8H,1H3;1H3,(H,2,3,4). The van der Waals surface area contributed by atoms with Crippen molar-refractivity contribution in [3.63, 3.8) is 0 Å². The number of carbonyl (C=O) groups excluding carboxylic acids is 1. The lowest BCUT2D eigenvalue weighted by Crippen LogP contribution is -2.23. The predicted molar refractivity (Wildman–Crippen MR) is 174 cm³/mol. The van der Waals surface area contributed by atoms with Crippen molar-refractivity contribution in [2.24, 2.45) is 7.05 Å². The summed E-state index contributed by atoms with van der Waals surface area (Å²) in [4.78, 5) is 22.6. The second kappa shape index (κ2) is 14.5. The molecule has 0 saturated carbocycles. The maximum absolute atomic E-state index is 12.8. The molecule has 0 fully saturated rings. The summed E-state index contributed by atoms with van der Waals surface area (Å²) in [6.07, 6.45) is 6.71. The molecule has 0 atom stereocenters. The Hall–Kier alpha value is -5.60. The number of fused-ring (bicyclic) bond motifs is 1. The molecule has 12 nitrogen and oxygen atoms in total. The molecule has 14 heteroatoms. The minimum atomic E-state index is -3.67. The number of carbonyl (C=O) groups is 1. The van der Waals surface area contributed by atoms with E-state index in [0.717, 1.165) is 39.2 Å². The maximum atomic E-state index is 12.8. The maximum Gasteiger partial charge on any atom is 0.265 e. The molecule has 0 spiro atoms. The molecule has 0 aliphatic heterocycles. The molecule has 6 rings (SSSR count). The number of nitrogens with zero attached hydrogens (tertiary/aromatic N) is 4. The molecule has 6 aromatic rings. The third-order valence-electron chi connectivity index (χ3n) is 6.55. The van der Waals surface area contributed by atoms with Gasteiger partial charge >= 0.3 is 0 Å². The van der Waals surface area contributed by atoms with Crippen LogP contribution in [0.25, 0.3) is 27.7 Å². The van der Waals surface area contributed by atoms with E-state index in [9.17, 15) is 22.4 Å². The SMILES string of the molecule is CNc1ccc(Oc2cc3cnn(C)c3cc2-c2cn[nH]c2)cc1.CS(=O)(=O)O.Cc1ccc(C=O)c(=O)n1-c1ccc(F)cc1. The molecule has 0 aliphatic rings. The first-order valence-electron chi connectivity index (χ1n) is 13.6. The van der Waals surface area contributed by atoms with E-state index in [-0.39, 0.29) is 11.4 Å². The number of benzene rings is 3.